The summed E-state index contributed by atoms with van der Waals surface area (Å²) in [6.45, 7) is 7.98. The van der Waals surface area contributed by atoms with Crippen LogP contribution in [0.4, 0.5) is 5.13 Å². The van der Waals surface area contributed by atoms with Gasteiger partial charge in [-0.3, -0.25) is 0 Å². The van der Waals surface area contributed by atoms with E-state index in [2.05, 4.69) is 40.6 Å². The highest BCUT2D eigenvalue weighted by Gasteiger charge is 2.38. The highest BCUT2D eigenvalue weighted by molar-refractivity contribution is 7.90. The molecule has 6 nitrogen and oxygen atoms in total. The van der Waals surface area contributed by atoms with E-state index in [9.17, 15) is 8.42 Å². The molecule has 3 rings (SSSR count). The normalized spacial score (nSPS) is 23.8. The van der Waals surface area contributed by atoms with Crippen molar-refractivity contribution < 1.29 is 8.42 Å². The van der Waals surface area contributed by atoms with Gasteiger partial charge in [0.1, 0.15) is 5.01 Å². The minimum atomic E-state index is -3.12. The van der Waals surface area contributed by atoms with E-state index in [0.29, 0.717) is 6.54 Å². The highest BCUT2D eigenvalue weighted by Crippen LogP contribution is 2.32. The number of nitrogens with zero attached hydrogens (tertiary/aromatic N) is 3. The molecule has 124 valence electrons. The number of hydrogen-bond donors (Lipinski definition) is 1. The fraction of sp³-hybridized carbons (Fsp3) is 0.857. The lowest BCUT2D eigenvalue weighted by Crippen LogP contribution is -2.48. The summed E-state index contributed by atoms with van der Waals surface area (Å²) in [5.41, 5.74) is -0.00132. The molecule has 8 heteroatoms. The molecular weight excluding hydrogens is 320 g/mol. The van der Waals surface area contributed by atoms with Crippen LogP contribution in [-0.4, -0.2) is 43.0 Å². The quantitative estimate of drug-likeness (QED) is 0.903. The van der Waals surface area contributed by atoms with Crippen LogP contribution in [0.5, 0.6) is 0 Å². The molecule has 1 saturated heterocycles. The summed E-state index contributed by atoms with van der Waals surface area (Å²) in [7, 11) is -3.12. The molecule has 1 N–H and O–H groups in total. The molecule has 0 amide bonds. The maximum absolute atomic E-state index is 12.1. The van der Waals surface area contributed by atoms with Crippen molar-refractivity contribution in [2.24, 2.45) is 0 Å². The predicted octanol–water partition coefficient (Wildman–Crippen LogP) is 1.89. The standard InChI is InChI=1S/C14H24N4O2S2/c1-14(2,3)12-15-16-13(21-12)18-8-4-5-10(9-18)17-22(19,20)11-6-7-11/h10-11,17H,4-9H2,1-3H3. The van der Waals surface area contributed by atoms with E-state index in [1.807, 2.05) is 0 Å². The van der Waals surface area contributed by atoms with Gasteiger partial charge in [-0.15, -0.1) is 10.2 Å². The fourth-order valence-electron chi connectivity index (χ4n) is 2.60. The highest BCUT2D eigenvalue weighted by atomic mass is 32.2. The second-order valence-electron chi connectivity index (χ2n) is 7.29. The van der Waals surface area contributed by atoms with Crippen LogP contribution in [0.25, 0.3) is 0 Å². The predicted molar refractivity (Wildman–Crippen MR) is 88.9 cm³/mol. The lowest BCUT2D eigenvalue weighted by atomic mass is 9.98. The van der Waals surface area contributed by atoms with Crippen molar-refractivity contribution in [3.63, 3.8) is 0 Å². The largest absolute Gasteiger partial charge is 0.345 e. The number of aromatic nitrogens is 2. The Labute approximate surface area is 136 Å². The number of piperidine rings is 1. The van der Waals surface area contributed by atoms with E-state index in [1.165, 1.54) is 0 Å². The molecule has 0 bridgehead atoms. The van der Waals surface area contributed by atoms with Crippen molar-refractivity contribution in [3.8, 4) is 0 Å². The van der Waals surface area contributed by atoms with Gasteiger partial charge in [-0.05, 0) is 25.7 Å². The minimum Gasteiger partial charge on any atom is -0.345 e. The Bertz CT molecular complexity index is 632. The van der Waals surface area contributed by atoms with Crippen molar-refractivity contribution in [2.45, 2.75) is 63.2 Å². The molecule has 2 fully saturated rings. The Morgan fingerprint density at radius 2 is 1.95 bits per heavy atom. The zero-order valence-electron chi connectivity index (χ0n) is 13.4. The van der Waals surface area contributed by atoms with Crippen LogP contribution < -0.4 is 9.62 Å². The molecule has 2 aliphatic rings. The van der Waals surface area contributed by atoms with Gasteiger partial charge in [0.15, 0.2) is 0 Å². The van der Waals surface area contributed by atoms with Gasteiger partial charge >= 0.3 is 0 Å². The van der Waals surface area contributed by atoms with Crippen molar-refractivity contribution >= 4 is 26.5 Å². The molecule has 1 aromatic rings. The lowest BCUT2D eigenvalue weighted by molar-refractivity contribution is 0.464. The average Bonchev–Trinajstić information content (AvgIpc) is 3.15. The van der Waals surface area contributed by atoms with Gasteiger partial charge in [-0.25, -0.2) is 13.1 Å². The second kappa shape index (κ2) is 5.72. The summed E-state index contributed by atoms with van der Waals surface area (Å²) < 4.78 is 27.1. The Morgan fingerprint density at radius 1 is 1.23 bits per heavy atom. The number of nitrogens with one attached hydrogen (secondary N) is 1. The van der Waals surface area contributed by atoms with Gasteiger partial charge in [0.2, 0.25) is 15.2 Å². The summed E-state index contributed by atoms with van der Waals surface area (Å²) in [5.74, 6) is 0. The van der Waals surface area contributed by atoms with Crippen LogP contribution in [0.1, 0.15) is 51.5 Å². The van der Waals surface area contributed by atoms with Crippen LogP contribution in [0.2, 0.25) is 0 Å². The van der Waals surface area contributed by atoms with Gasteiger partial charge in [-0.2, -0.15) is 0 Å². The molecule has 2 heterocycles. The first kappa shape index (κ1) is 16.1. The number of anilines is 1. The van der Waals surface area contributed by atoms with Crippen molar-refractivity contribution in [2.75, 3.05) is 18.0 Å². The van der Waals surface area contributed by atoms with E-state index in [1.54, 1.807) is 11.3 Å². The molecule has 1 saturated carbocycles. The maximum atomic E-state index is 12.1. The molecule has 1 unspecified atom stereocenters. The van der Waals surface area contributed by atoms with Crippen LogP contribution in [0.3, 0.4) is 0 Å². The zero-order chi connectivity index (χ0) is 16.0. The molecule has 1 aliphatic carbocycles. The molecule has 1 aliphatic heterocycles. The number of hydrogen-bond acceptors (Lipinski definition) is 6. The Morgan fingerprint density at radius 3 is 2.55 bits per heavy atom. The smallest absolute Gasteiger partial charge is 0.214 e. The van der Waals surface area contributed by atoms with Crippen molar-refractivity contribution in [1.29, 1.82) is 0 Å². The average molecular weight is 345 g/mol. The molecule has 1 atom stereocenters. The Balaban J connectivity index is 1.66. The van der Waals surface area contributed by atoms with Crippen LogP contribution >= 0.6 is 11.3 Å². The van der Waals surface area contributed by atoms with E-state index in [-0.39, 0.29) is 16.7 Å². The molecule has 22 heavy (non-hydrogen) atoms. The third-order valence-electron chi connectivity index (χ3n) is 4.04. The van der Waals surface area contributed by atoms with Gasteiger partial charge < -0.3 is 4.90 Å². The maximum Gasteiger partial charge on any atom is 0.214 e. The summed E-state index contributed by atoms with van der Waals surface area (Å²) in [4.78, 5) is 2.16. The fourth-order valence-corrected chi connectivity index (χ4v) is 5.14. The van der Waals surface area contributed by atoms with Crippen LogP contribution in [0.15, 0.2) is 0 Å². The van der Waals surface area contributed by atoms with Crippen molar-refractivity contribution in [3.05, 3.63) is 5.01 Å². The molecule has 0 radical (unpaired) electrons. The molecule has 0 aromatic carbocycles. The zero-order valence-corrected chi connectivity index (χ0v) is 15.0. The van der Waals surface area contributed by atoms with Gasteiger partial charge in [-0.1, -0.05) is 32.1 Å². The SMILES string of the molecule is CC(C)(C)c1nnc(N2CCCC(NS(=O)(=O)C3CC3)C2)s1. The van der Waals surface area contributed by atoms with E-state index >= 15 is 0 Å². The van der Waals surface area contributed by atoms with Crippen LogP contribution in [0, 0.1) is 0 Å². The minimum absolute atomic E-state index is 0.00132. The van der Waals surface area contributed by atoms with Gasteiger partial charge in [0.05, 0.1) is 5.25 Å². The number of sulfonamides is 1. The topological polar surface area (TPSA) is 75.2 Å². The summed E-state index contributed by atoms with van der Waals surface area (Å²) in [5, 5.41) is 10.4. The Kier molecular flexibility index (Phi) is 4.20. The van der Waals surface area contributed by atoms with E-state index < -0.39 is 10.0 Å². The molecule has 0 spiro atoms. The first-order valence-electron chi connectivity index (χ1n) is 7.86. The Hall–Kier alpha value is -0.730. The lowest BCUT2D eigenvalue weighted by Gasteiger charge is -2.32. The summed E-state index contributed by atoms with van der Waals surface area (Å²) in [6, 6.07) is -0.0127. The summed E-state index contributed by atoms with van der Waals surface area (Å²) in [6.07, 6.45) is 3.48. The van der Waals surface area contributed by atoms with E-state index in [4.69, 9.17) is 0 Å². The molecular formula is C14H24N4O2S2. The third kappa shape index (κ3) is 3.60. The summed E-state index contributed by atoms with van der Waals surface area (Å²) >= 11 is 1.61. The van der Waals surface area contributed by atoms with Crippen molar-refractivity contribution in [1.82, 2.24) is 14.9 Å². The monoisotopic (exact) mass is 344 g/mol. The van der Waals surface area contributed by atoms with Gasteiger partial charge in [0.25, 0.3) is 0 Å². The van der Waals surface area contributed by atoms with Gasteiger partial charge in [0, 0.05) is 24.5 Å². The third-order valence-corrected chi connectivity index (χ3v) is 7.46. The van der Waals surface area contributed by atoms with E-state index in [0.717, 1.165) is 42.4 Å². The first-order valence-corrected chi connectivity index (χ1v) is 10.2. The number of rotatable bonds is 4. The second-order valence-corrected chi connectivity index (χ2v) is 10.2. The first-order chi connectivity index (χ1) is 10.3. The molecule has 1 aromatic heterocycles. The van der Waals surface area contributed by atoms with Crippen LogP contribution in [-0.2, 0) is 15.4 Å².